The van der Waals surface area contributed by atoms with E-state index in [4.69, 9.17) is 5.73 Å². The van der Waals surface area contributed by atoms with E-state index in [1.54, 1.807) is 12.1 Å². The summed E-state index contributed by atoms with van der Waals surface area (Å²) in [6.45, 7) is 3.98. The van der Waals surface area contributed by atoms with Crippen LogP contribution in [-0.4, -0.2) is 57.6 Å². The summed E-state index contributed by atoms with van der Waals surface area (Å²) in [6.07, 6.45) is -4.54. The molecule has 1 fully saturated rings. The molecule has 1 aliphatic rings. The van der Waals surface area contributed by atoms with Gasteiger partial charge in [-0.3, -0.25) is 19.3 Å². The van der Waals surface area contributed by atoms with Crippen LogP contribution in [0, 0.1) is 6.92 Å². The first kappa shape index (κ1) is 25.1. The largest absolute Gasteiger partial charge is 0.416 e. The molecule has 0 aliphatic carbocycles. The number of carbonyl (C=O) groups is 2. The van der Waals surface area contributed by atoms with Crippen molar-refractivity contribution in [2.24, 2.45) is 5.73 Å². The van der Waals surface area contributed by atoms with Gasteiger partial charge in [-0.2, -0.15) is 18.3 Å². The molecule has 0 radical (unpaired) electrons. The number of primary amides is 1. The molecule has 0 saturated carbocycles. The lowest BCUT2D eigenvalue weighted by molar-refractivity contribution is -0.137. The molecule has 11 heteroatoms. The minimum atomic E-state index is -4.54. The van der Waals surface area contributed by atoms with Crippen molar-refractivity contribution >= 4 is 11.8 Å². The summed E-state index contributed by atoms with van der Waals surface area (Å²) in [5.74, 6) is -1.06. The molecule has 188 valence electrons. The van der Waals surface area contributed by atoms with E-state index in [9.17, 15) is 27.6 Å². The van der Waals surface area contributed by atoms with Gasteiger partial charge in [0.05, 0.1) is 11.3 Å². The van der Waals surface area contributed by atoms with Gasteiger partial charge in [0.1, 0.15) is 0 Å². The number of nitrogens with two attached hydrogens (primary N) is 1. The molecule has 2 N–H and O–H groups in total. The van der Waals surface area contributed by atoms with Crippen molar-refractivity contribution < 1.29 is 22.8 Å². The van der Waals surface area contributed by atoms with Crippen LogP contribution in [0.5, 0.6) is 0 Å². The highest BCUT2D eigenvalue weighted by molar-refractivity contribution is 5.93. The molecule has 1 saturated heterocycles. The Hall–Kier alpha value is -3.99. The maximum absolute atomic E-state index is 13.2. The zero-order valence-corrected chi connectivity index (χ0v) is 19.5. The third-order valence-electron chi connectivity index (χ3n) is 6.03. The summed E-state index contributed by atoms with van der Waals surface area (Å²) in [5.41, 5.74) is 5.31. The lowest BCUT2D eigenvalue weighted by Gasteiger charge is -2.34. The van der Waals surface area contributed by atoms with Crippen LogP contribution in [0.25, 0.3) is 5.69 Å². The van der Waals surface area contributed by atoms with E-state index in [1.807, 2.05) is 12.1 Å². The molecule has 0 atom stereocenters. The summed E-state index contributed by atoms with van der Waals surface area (Å²) in [6, 6.07) is 12.7. The van der Waals surface area contributed by atoms with Gasteiger partial charge in [0.25, 0.3) is 5.91 Å². The maximum Gasteiger partial charge on any atom is 0.416 e. The number of amides is 2. The molecule has 2 aromatic carbocycles. The van der Waals surface area contributed by atoms with Crippen molar-refractivity contribution in [3.63, 3.8) is 0 Å². The smallest absolute Gasteiger partial charge is 0.366 e. The number of hydrogen-bond donors (Lipinski definition) is 1. The maximum atomic E-state index is 13.2. The second-order valence-corrected chi connectivity index (χ2v) is 8.59. The Balaban J connectivity index is 1.48. The average molecular weight is 499 g/mol. The van der Waals surface area contributed by atoms with Crippen LogP contribution in [0.2, 0.25) is 0 Å². The van der Waals surface area contributed by atoms with E-state index in [2.05, 4.69) is 10.00 Å². The Morgan fingerprint density at radius 3 is 2.28 bits per heavy atom. The number of aryl methyl sites for hydroxylation is 1. The fourth-order valence-corrected chi connectivity index (χ4v) is 4.06. The lowest BCUT2D eigenvalue weighted by atomic mass is 10.1. The van der Waals surface area contributed by atoms with Gasteiger partial charge in [-0.1, -0.05) is 18.2 Å². The normalized spacial score (nSPS) is 14.6. The predicted molar refractivity (Wildman–Crippen MR) is 126 cm³/mol. The van der Waals surface area contributed by atoms with Crippen molar-refractivity contribution in [1.82, 2.24) is 19.6 Å². The Bertz CT molecular complexity index is 1340. The van der Waals surface area contributed by atoms with Gasteiger partial charge in [0.2, 0.25) is 11.3 Å². The van der Waals surface area contributed by atoms with E-state index in [-0.39, 0.29) is 11.4 Å². The fraction of sp³-hybridized carbons (Fsp3) is 0.280. The summed E-state index contributed by atoms with van der Waals surface area (Å²) in [7, 11) is 0. The number of aromatic nitrogens is 2. The third kappa shape index (κ3) is 5.46. The minimum absolute atomic E-state index is 0.101. The molecule has 8 nitrogen and oxygen atoms in total. The van der Waals surface area contributed by atoms with Gasteiger partial charge >= 0.3 is 6.18 Å². The monoisotopic (exact) mass is 499 g/mol. The number of nitrogens with zero attached hydrogens (tertiary/aromatic N) is 4. The van der Waals surface area contributed by atoms with E-state index in [0.717, 1.165) is 17.7 Å². The lowest BCUT2D eigenvalue weighted by Crippen LogP contribution is -2.49. The number of halogens is 3. The topological polar surface area (TPSA) is 102 Å². The number of hydrogen-bond acceptors (Lipinski definition) is 5. The van der Waals surface area contributed by atoms with Crippen molar-refractivity contribution in [2.75, 3.05) is 26.2 Å². The highest BCUT2D eigenvalue weighted by atomic mass is 19.4. The van der Waals surface area contributed by atoms with Gasteiger partial charge in [-0.05, 0) is 42.8 Å². The van der Waals surface area contributed by atoms with Gasteiger partial charge in [0.15, 0.2) is 5.69 Å². The fourth-order valence-electron chi connectivity index (χ4n) is 4.06. The molecule has 4 rings (SSSR count). The summed E-state index contributed by atoms with van der Waals surface area (Å²) in [4.78, 5) is 40.5. The number of carbonyl (C=O) groups excluding carboxylic acids is 2. The van der Waals surface area contributed by atoms with Gasteiger partial charge in [0, 0.05) is 50.0 Å². The third-order valence-corrected chi connectivity index (χ3v) is 6.03. The van der Waals surface area contributed by atoms with Crippen LogP contribution in [-0.2, 0) is 12.7 Å². The molecule has 0 bridgehead atoms. The van der Waals surface area contributed by atoms with Crippen LogP contribution in [0.1, 0.15) is 37.7 Å². The van der Waals surface area contributed by atoms with E-state index >= 15 is 0 Å². The zero-order valence-electron chi connectivity index (χ0n) is 19.5. The highest BCUT2D eigenvalue weighted by Crippen LogP contribution is 2.30. The summed E-state index contributed by atoms with van der Waals surface area (Å²) >= 11 is 0. The molecule has 1 aliphatic heterocycles. The molecule has 2 amide bonds. The Morgan fingerprint density at radius 2 is 1.67 bits per heavy atom. The van der Waals surface area contributed by atoms with Crippen molar-refractivity contribution in [1.29, 1.82) is 0 Å². The molecule has 1 aromatic heterocycles. The number of piperazine rings is 1. The van der Waals surface area contributed by atoms with E-state index < -0.39 is 29.0 Å². The molecular formula is C25H24F3N5O3. The Kier molecular flexibility index (Phi) is 6.93. The summed E-state index contributed by atoms with van der Waals surface area (Å²) < 4.78 is 40.6. The van der Waals surface area contributed by atoms with Crippen molar-refractivity contribution in [3.05, 3.63) is 92.9 Å². The molecule has 0 unspecified atom stereocenters. The van der Waals surface area contributed by atoms with Crippen LogP contribution in [0.4, 0.5) is 13.2 Å². The Morgan fingerprint density at radius 1 is 1.00 bits per heavy atom. The van der Waals surface area contributed by atoms with Crippen molar-refractivity contribution in [3.8, 4) is 5.69 Å². The first-order valence-corrected chi connectivity index (χ1v) is 11.2. The van der Waals surface area contributed by atoms with Gasteiger partial charge < -0.3 is 10.6 Å². The molecule has 2 heterocycles. The first-order chi connectivity index (χ1) is 17.0. The molecule has 0 spiro atoms. The standard InChI is InChI=1S/C25H24F3N5O3/c1-16-13-21(34)22(30-33(16)20-4-2-3-19(14-20)25(26,27)28)24(36)32-11-9-31(10-12-32)15-17-5-7-18(8-6-17)23(29)35/h2-8,13-14H,9-12,15H2,1H3,(H2,29,35). The average Bonchev–Trinajstić information content (AvgIpc) is 2.84. The van der Waals surface area contributed by atoms with Gasteiger partial charge in [-0.15, -0.1) is 0 Å². The molecule has 36 heavy (non-hydrogen) atoms. The predicted octanol–water partition coefficient (Wildman–Crippen LogP) is 2.62. The van der Waals surface area contributed by atoms with Crippen LogP contribution in [0.3, 0.4) is 0 Å². The molecular weight excluding hydrogens is 475 g/mol. The molecule has 3 aromatic rings. The highest BCUT2D eigenvalue weighted by Gasteiger charge is 2.31. The van der Waals surface area contributed by atoms with Crippen molar-refractivity contribution in [2.45, 2.75) is 19.6 Å². The minimum Gasteiger partial charge on any atom is -0.366 e. The van der Waals surface area contributed by atoms with Crippen LogP contribution < -0.4 is 11.2 Å². The number of benzene rings is 2. The second-order valence-electron chi connectivity index (χ2n) is 8.59. The second kappa shape index (κ2) is 9.94. The van der Waals surface area contributed by atoms with Crippen LogP contribution in [0.15, 0.2) is 59.4 Å². The van der Waals surface area contributed by atoms with E-state index in [0.29, 0.717) is 44.0 Å². The SMILES string of the molecule is Cc1cc(=O)c(C(=O)N2CCN(Cc3ccc(C(N)=O)cc3)CC2)nn1-c1cccc(C(F)(F)F)c1. The summed E-state index contributed by atoms with van der Waals surface area (Å²) in [5, 5.41) is 4.14. The Labute approximate surface area is 204 Å². The number of alkyl halides is 3. The number of rotatable bonds is 5. The van der Waals surface area contributed by atoms with E-state index in [1.165, 1.54) is 34.7 Å². The van der Waals surface area contributed by atoms with Crippen LogP contribution >= 0.6 is 0 Å². The first-order valence-electron chi connectivity index (χ1n) is 11.2. The van der Waals surface area contributed by atoms with Gasteiger partial charge in [-0.25, -0.2) is 4.68 Å². The zero-order chi connectivity index (χ0) is 26.0. The quantitative estimate of drug-likeness (QED) is 0.582.